The molecule has 0 saturated carbocycles. The Balaban J connectivity index is 1.78. The topological polar surface area (TPSA) is 191 Å². The molecule has 7 N–H and O–H groups in total. The smallest absolute Gasteiger partial charge is 0.331 e. The number of anilines is 1. The second-order valence-electron chi connectivity index (χ2n) is 6.43. The van der Waals surface area contributed by atoms with Crippen LogP contribution in [-0.2, 0) is 27.5 Å². The normalized spacial score (nSPS) is 13.0. The van der Waals surface area contributed by atoms with Crippen LogP contribution in [0, 0.1) is 0 Å². The summed E-state index contributed by atoms with van der Waals surface area (Å²) in [5.41, 5.74) is 11.2. The van der Waals surface area contributed by atoms with E-state index in [1.165, 1.54) is 10.9 Å². The molecule has 0 spiro atoms. The van der Waals surface area contributed by atoms with Crippen molar-refractivity contribution in [2.45, 2.75) is 25.3 Å². The number of amides is 1. The first-order valence-corrected chi connectivity index (χ1v) is 8.97. The molecular formula is C18H21N7O5. The van der Waals surface area contributed by atoms with Crippen LogP contribution >= 0.6 is 0 Å². The van der Waals surface area contributed by atoms with Crippen LogP contribution in [0.4, 0.5) is 5.95 Å². The van der Waals surface area contributed by atoms with Gasteiger partial charge in [0.1, 0.15) is 12.7 Å². The summed E-state index contributed by atoms with van der Waals surface area (Å²) in [5, 5.41) is 13.0. The number of aromatic amines is 1. The number of aliphatic hydroxyl groups is 1. The number of aromatic nitrogens is 4. The van der Waals surface area contributed by atoms with Crippen LogP contribution in [-0.4, -0.2) is 55.2 Å². The van der Waals surface area contributed by atoms with E-state index < -0.39 is 29.6 Å². The Morgan fingerprint density at radius 1 is 1.30 bits per heavy atom. The van der Waals surface area contributed by atoms with Crippen LogP contribution in [0.5, 0.6) is 0 Å². The number of hydrogen-bond acceptors (Lipinski definition) is 9. The zero-order chi connectivity index (χ0) is 21.7. The number of carbonyl (C=O) groups is 2. The van der Waals surface area contributed by atoms with Crippen molar-refractivity contribution in [1.82, 2.24) is 24.8 Å². The van der Waals surface area contributed by atoms with Gasteiger partial charge in [-0.3, -0.25) is 14.6 Å². The predicted molar refractivity (Wildman–Crippen MR) is 106 cm³/mol. The maximum atomic E-state index is 12.6. The van der Waals surface area contributed by atoms with Gasteiger partial charge in [0.25, 0.3) is 5.56 Å². The molecule has 0 unspecified atom stereocenters. The lowest BCUT2D eigenvalue weighted by atomic mass is 10.1. The zero-order valence-corrected chi connectivity index (χ0v) is 15.8. The van der Waals surface area contributed by atoms with Crippen molar-refractivity contribution in [3.05, 3.63) is 52.6 Å². The third-order valence-electron chi connectivity index (χ3n) is 4.24. The summed E-state index contributed by atoms with van der Waals surface area (Å²) in [7, 11) is 0. The lowest BCUT2D eigenvalue weighted by Crippen LogP contribution is -2.52. The van der Waals surface area contributed by atoms with Crippen LogP contribution in [0.25, 0.3) is 11.2 Å². The number of benzene rings is 1. The molecular weight excluding hydrogens is 394 g/mol. The fourth-order valence-electron chi connectivity index (χ4n) is 2.77. The molecule has 1 amide bonds. The van der Waals surface area contributed by atoms with Crippen LogP contribution < -0.4 is 22.3 Å². The molecule has 0 radical (unpaired) electrons. The van der Waals surface area contributed by atoms with E-state index >= 15 is 0 Å². The van der Waals surface area contributed by atoms with Gasteiger partial charge >= 0.3 is 5.97 Å². The average molecular weight is 415 g/mol. The predicted octanol–water partition coefficient (Wildman–Crippen LogP) is -1.75. The summed E-state index contributed by atoms with van der Waals surface area (Å²) in [5.74, 6) is -1.62. The maximum absolute atomic E-state index is 12.6. The van der Waals surface area contributed by atoms with Crippen molar-refractivity contribution in [1.29, 1.82) is 0 Å². The molecule has 2 aromatic heterocycles. The average Bonchev–Trinajstić information content (AvgIpc) is 3.13. The number of ether oxygens (including phenoxy) is 1. The number of rotatable bonds is 8. The Hall–Kier alpha value is -3.77. The summed E-state index contributed by atoms with van der Waals surface area (Å²) in [6.07, 6.45) is -0.157. The number of nitrogens with two attached hydrogens (primary N) is 2. The molecule has 158 valence electrons. The number of carbonyl (C=O) groups excluding carboxylic acids is 2. The van der Waals surface area contributed by atoms with Gasteiger partial charge in [-0.2, -0.15) is 4.98 Å². The summed E-state index contributed by atoms with van der Waals surface area (Å²) in [6.45, 7) is -0.637. The molecule has 12 nitrogen and oxygen atoms in total. The Kier molecular flexibility index (Phi) is 6.39. The van der Waals surface area contributed by atoms with E-state index in [1.807, 2.05) is 6.07 Å². The first kappa shape index (κ1) is 21.0. The SMILES string of the molecule is NCC(=O)N[C@H](C(=O)OCc1ccccc1)[C@@H](O)Cn1cnc2c(=O)[nH]c(N)nc21. The number of nitrogens with zero attached hydrogens (tertiary/aromatic N) is 3. The van der Waals surface area contributed by atoms with Gasteiger partial charge in [0, 0.05) is 0 Å². The Labute approximate surface area is 169 Å². The number of H-pyrrole nitrogens is 1. The summed E-state index contributed by atoms with van der Waals surface area (Å²) in [6, 6.07) is 7.53. The molecule has 3 aromatic rings. The molecule has 0 aliphatic carbocycles. The lowest BCUT2D eigenvalue weighted by molar-refractivity contribution is -0.152. The molecule has 3 rings (SSSR count). The molecule has 2 atom stereocenters. The summed E-state index contributed by atoms with van der Waals surface area (Å²) < 4.78 is 6.58. The first-order chi connectivity index (χ1) is 14.4. The number of nitrogens with one attached hydrogen (secondary N) is 2. The van der Waals surface area contributed by atoms with E-state index in [0.717, 1.165) is 5.56 Å². The largest absolute Gasteiger partial charge is 0.459 e. The Bertz CT molecular complexity index is 1100. The van der Waals surface area contributed by atoms with Gasteiger partial charge in [-0.25, -0.2) is 9.78 Å². The van der Waals surface area contributed by atoms with Crippen molar-refractivity contribution >= 4 is 29.0 Å². The fourth-order valence-corrected chi connectivity index (χ4v) is 2.77. The van der Waals surface area contributed by atoms with Gasteiger partial charge < -0.3 is 31.2 Å². The highest BCUT2D eigenvalue weighted by atomic mass is 16.5. The van der Waals surface area contributed by atoms with E-state index in [9.17, 15) is 19.5 Å². The van der Waals surface area contributed by atoms with Gasteiger partial charge in [0.05, 0.1) is 19.4 Å². The first-order valence-electron chi connectivity index (χ1n) is 8.97. The van der Waals surface area contributed by atoms with E-state index in [-0.39, 0.29) is 36.8 Å². The minimum absolute atomic E-state index is 0.0191. The third kappa shape index (κ3) is 4.79. The fraction of sp³-hybridized carbons (Fsp3) is 0.278. The van der Waals surface area contributed by atoms with Crippen LogP contribution in [0.2, 0.25) is 0 Å². The van der Waals surface area contributed by atoms with Crippen molar-refractivity contribution < 1.29 is 19.4 Å². The maximum Gasteiger partial charge on any atom is 0.331 e. The molecule has 0 aliphatic rings. The molecule has 2 heterocycles. The van der Waals surface area contributed by atoms with Crippen molar-refractivity contribution in [2.24, 2.45) is 5.73 Å². The molecule has 0 bridgehead atoms. The van der Waals surface area contributed by atoms with Crippen molar-refractivity contribution in [2.75, 3.05) is 12.3 Å². The van der Waals surface area contributed by atoms with Crippen LogP contribution in [0.3, 0.4) is 0 Å². The second-order valence-corrected chi connectivity index (χ2v) is 6.43. The summed E-state index contributed by atoms with van der Waals surface area (Å²) >= 11 is 0. The van der Waals surface area contributed by atoms with Gasteiger partial charge in [-0.15, -0.1) is 0 Å². The lowest BCUT2D eigenvalue weighted by Gasteiger charge is -2.23. The third-order valence-corrected chi connectivity index (χ3v) is 4.24. The van der Waals surface area contributed by atoms with Crippen molar-refractivity contribution in [3.63, 3.8) is 0 Å². The number of hydrogen-bond donors (Lipinski definition) is 5. The van der Waals surface area contributed by atoms with Gasteiger partial charge in [-0.05, 0) is 5.56 Å². The van der Waals surface area contributed by atoms with E-state index in [0.29, 0.717) is 0 Å². The Morgan fingerprint density at radius 2 is 2.03 bits per heavy atom. The molecule has 30 heavy (non-hydrogen) atoms. The van der Waals surface area contributed by atoms with Crippen LogP contribution in [0.1, 0.15) is 5.56 Å². The van der Waals surface area contributed by atoms with Crippen molar-refractivity contribution in [3.8, 4) is 0 Å². The monoisotopic (exact) mass is 415 g/mol. The number of aliphatic hydroxyl groups excluding tert-OH is 1. The van der Waals surface area contributed by atoms with Gasteiger partial charge in [-0.1, -0.05) is 30.3 Å². The molecule has 0 saturated heterocycles. The van der Waals surface area contributed by atoms with Gasteiger partial charge in [0.15, 0.2) is 17.2 Å². The van der Waals surface area contributed by atoms with E-state index in [1.54, 1.807) is 24.3 Å². The number of fused-ring (bicyclic) bond motifs is 1. The standard InChI is InChI=1S/C18H21N7O5/c19-6-12(27)22-13(17(29)30-8-10-4-2-1-3-5-10)11(26)7-25-9-21-14-15(25)23-18(20)24-16(14)28/h1-5,9,11,13,26H,6-8,19H2,(H,22,27)(H3,20,23,24,28)/t11-,13-/m0/s1. The molecule has 0 fully saturated rings. The van der Waals surface area contributed by atoms with E-state index in [4.69, 9.17) is 16.2 Å². The van der Waals surface area contributed by atoms with Gasteiger partial charge in [0.2, 0.25) is 11.9 Å². The molecule has 12 heteroatoms. The minimum atomic E-state index is -1.43. The van der Waals surface area contributed by atoms with Crippen LogP contribution in [0.15, 0.2) is 41.5 Å². The highest BCUT2D eigenvalue weighted by Crippen LogP contribution is 2.10. The summed E-state index contributed by atoms with van der Waals surface area (Å²) in [4.78, 5) is 46.4. The second kappa shape index (κ2) is 9.15. The quantitative estimate of drug-likeness (QED) is 0.265. The highest BCUT2D eigenvalue weighted by Gasteiger charge is 2.30. The number of nitrogen functional groups attached to an aromatic ring is 1. The number of imidazole rings is 1. The highest BCUT2D eigenvalue weighted by molar-refractivity contribution is 5.85. The van der Waals surface area contributed by atoms with E-state index in [2.05, 4.69) is 20.3 Å². The zero-order valence-electron chi connectivity index (χ0n) is 15.8. The molecule has 0 aliphatic heterocycles. The minimum Gasteiger partial charge on any atom is -0.459 e. The number of esters is 1. The Morgan fingerprint density at radius 3 is 2.73 bits per heavy atom. The molecule has 1 aromatic carbocycles.